The van der Waals surface area contributed by atoms with Gasteiger partial charge in [-0.15, -0.1) is 0 Å². The lowest BCUT2D eigenvalue weighted by molar-refractivity contribution is -0.132. The Hall–Kier alpha value is -1.55. The van der Waals surface area contributed by atoms with E-state index >= 15 is 0 Å². The van der Waals surface area contributed by atoms with Crippen LogP contribution in [0.2, 0.25) is 0 Å². The molecule has 1 amide bonds. The second kappa shape index (κ2) is 4.23. The fraction of sp³-hybridized carbons (Fsp3) is 0.588. The van der Waals surface area contributed by atoms with Gasteiger partial charge in [0.1, 0.15) is 5.75 Å². The quantitative estimate of drug-likeness (QED) is 0.854. The third-order valence-electron chi connectivity index (χ3n) is 5.93. The zero-order chi connectivity index (χ0) is 14.8. The molecule has 1 spiro atoms. The molecule has 2 fully saturated rings. The number of carbonyl (C=O) groups is 1. The Balaban J connectivity index is 1.90. The minimum Gasteiger partial charge on any atom is -0.497 e. The number of methoxy groups -OCH3 is 1. The molecule has 3 aliphatic rings. The van der Waals surface area contributed by atoms with Crippen molar-refractivity contribution in [1.29, 1.82) is 0 Å². The van der Waals surface area contributed by atoms with Crippen LogP contribution in [0.15, 0.2) is 18.2 Å². The Labute approximate surface area is 125 Å². The largest absolute Gasteiger partial charge is 0.497 e. The van der Waals surface area contributed by atoms with Crippen molar-refractivity contribution in [3.8, 4) is 5.75 Å². The Morgan fingerprint density at radius 1 is 1.43 bits per heavy atom. The van der Waals surface area contributed by atoms with Crippen molar-refractivity contribution >= 4 is 5.91 Å². The topological polar surface area (TPSA) is 55.6 Å². The lowest BCUT2D eigenvalue weighted by Gasteiger charge is -2.44. The smallest absolute Gasteiger partial charge is 0.223 e. The predicted octanol–water partition coefficient (Wildman–Crippen LogP) is 1.66. The Bertz CT molecular complexity index is 615. The van der Waals surface area contributed by atoms with Crippen molar-refractivity contribution in [1.82, 2.24) is 4.90 Å². The molecule has 0 aromatic heterocycles. The SMILES string of the molecule is COc1ccc2c(c1)CCN1C(=O)CC3[C@H](N)[C@@H](C)CC231. The second-order valence-corrected chi connectivity index (χ2v) is 6.81. The van der Waals surface area contributed by atoms with Gasteiger partial charge in [0.25, 0.3) is 0 Å². The zero-order valence-electron chi connectivity index (χ0n) is 12.6. The van der Waals surface area contributed by atoms with Crippen LogP contribution in [0.1, 0.15) is 30.9 Å². The molecular weight excluding hydrogens is 264 g/mol. The van der Waals surface area contributed by atoms with Crippen LogP contribution in [0.4, 0.5) is 0 Å². The molecule has 0 radical (unpaired) electrons. The van der Waals surface area contributed by atoms with Gasteiger partial charge in [0.2, 0.25) is 5.91 Å². The summed E-state index contributed by atoms with van der Waals surface area (Å²) in [5.74, 6) is 1.89. The molecule has 1 aliphatic carbocycles. The van der Waals surface area contributed by atoms with Crippen LogP contribution in [-0.4, -0.2) is 30.5 Å². The molecule has 21 heavy (non-hydrogen) atoms. The first-order valence-electron chi connectivity index (χ1n) is 7.81. The van der Waals surface area contributed by atoms with E-state index in [0.717, 1.165) is 25.1 Å². The number of fused-ring (bicyclic) bond motifs is 1. The minimum atomic E-state index is -0.157. The molecule has 4 rings (SSSR count). The summed E-state index contributed by atoms with van der Waals surface area (Å²) in [7, 11) is 1.70. The molecule has 2 unspecified atom stereocenters. The van der Waals surface area contributed by atoms with E-state index in [2.05, 4.69) is 24.0 Å². The van der Waals surface area contributed by atoms with Crippen LogP contribution in [0.25, 0.3) is 0 Å². The fourth-order valence-corrected chi connectivity index (χ4v) is 4.97. The molecule has 1 saturated heterocycles. The fourth-order valence-electron chi connectivity index (χ4n) is 4.97. The van der Waals surface area contributed by atoms with E-state index in [9.17, 15) is 4.79 Å². The number of ether oxygens (including phenoxy) is 1. The summed E-state index contributed by atoms with van der Waals surface area (Å²) >= 11 is 0. The van der Waals surface area contributed by atoms with Gasteiger partial charge < -0.3 is 15.4 Å². The van der Waals surface area contributed by atoms with Crippen molar-refractivity contribution in [2.75, 3.05) is 13.7 Å². The lowest BCUT2D eigenvalue weighted by Crippen LogP contribution is -2.50. The van der Waals surface area contributed by atoms with Crippen LogP contribution in [0, 0.1) is 11.8 Å². The van der Waals surface area contributed by atoms with Crippen LogP contribution < -0.4 is 10.5 Å². The number of rotatable bonds is 1. The maximum Gasteiger partial charge on any atom is 0.223 e. The number of hydrogen-bond donors (Lipinski definition) is 1. The Kier molecular flexibility index (Phi) is 2.65. The first kappa shape index (κ1) is 13.1. The molecule has 0 bridgehead atoms. The van der Waals surface area contributed by atoms with Gasteiger partial charge >= 0.3 is 0 Å². The van der Waals surface area contributed by atoms with Crippen LogP contribution in [-0.2, 0) is 16.8 Å². The maximum atomic E-state index is 12.4. The summed E-state index contributed by atoms with van der Waals surface area (Å²) < 4.78 is 5.36. The molecular formula is C17H22N2O2. The van der Waals surface area contributed by atoms with Crippen molar-refractivity contribution in [3.05, 3.63) is 29.3 Å². The highest BCUT2D eigenvalue weighted by Gasteiger charge is 2.62. The van der Waals surface area contributed by atoms with E-state index in [4.69, 9.17) is 10.5 Å². The molecule has 2 aliphatic heterocycles. The van der Waals surface area contributed by atoms with E-state index in [-0.39, 0.29) is 23.4 Å². The highest BCUT2D eigenvalue weighted by atomic mass is 16.5. The third kappa shape index (κ3) is 1.51. The van der Waals surface area contributed by atoms with Gasteiger partial charge in [-0.3, -0.25) is 4.79 Å². The number of hydrogen-bond acceptors (Lipinski definition) is 3. The van der Waals surface area contributed by atoms with Crippen molar-refractivity contribution < 1.29 is 9.53 Å². The average molecular weight is 286 g/mol. The number of benzene rings is 1. The van der Waals surface area contributed by atoms with Gasteiger partial charge in [-0.1, -0.05) is 13.0 Å². The number of amides is 1. The zero-order valence-corrected chi connectivity index (χ0v) is 12.6. The Morgan fingerprint density at radius 3 is 3.00 bits per heavy atom. The van der Waals surface area contributed by atoms with Gasteiger partial charge in [-0.2, -0.15) is 0 Å². The summed E-state index contributed by atoms with van der Waals surface area (Å²) in [6.45, 7) is 3.03. The number of carbonyl (C=O) groups excluding carboxylic acids is 1. The highest BCUT2D eigenvalue weighted by molar-refractivity contribution is 5.82. The van der Waals surface area contributed by atoms with Gasteiger partial charge in [0.15, 0.2) is 0 Å². The number of nitrogens with zero attached hydrogens (tertiary/aromatic N) is 1. The minimum absolute atomic E-state index is 0.118. The van der Waals surface area contributed by atoms with E-state index in [1.165, 1.54) is 11.1 Å². The highest BCUT2D eigenvalue weighted by Crippen LogP contribution is 2.58. The average Bonchev–Trinajstić information content (AvgIpc) is 2.90. The van der Waals surface area contributed by atoms with Crippen molar-refractivity contribution in [2.24, 2.45) is 17.6 Å². The summed E-state index contributed by atoms with van der Waals surface area (Å²) in [6, 6.07) is 6.43. The second-order valence-electron chi connectivity index (χ2n) is 6.81. The van der Waals surface area contributed by atoms with Crippen molar-refractivity contribution in [3.63, 3.8) is 0 Å². The Morgan fingerprint density at radius 2 is 2.24 bits per heavy atom. The molecule has 2 N–H and O–H groups in total. The van der Waals surface area contributed by atoms with Crippen molar-refractivity contribution in [2.45, 2.75) is 37.8 Å². The third-order valence-corrected chi connectivity index (χ3v) is 5.93. The van der Waals surface area contributed by atoms with Gasteiger partial charge in [0.05, 0.1) is 12.6 Å². The molecule has 1 aromatic carbocycles. The van der Waals surface area contributed by atoms with Gasteiger partial charge in [-0.05, 0) is 42.0 Å². The maximum absolute atomic E-state index is 12.4. The summed E-state index contributed by atoms with van der Waals surface area (Å²) in [4.78, 5) is 14.6. The predicted molar refractivity (Wildman–Crippen MR) is 80.0 cm³/mol. The lowest BCUT2D eigenvalue weighted by atomic mass is 9.75. The number of nitrogens with two attached hydrogens (primary N) is 1. The molecule has 4 atom stereocenters. The van der Waals surface area contributed by atoms with E-state index in [1.54, 1.807) is 7.11 Å². The van der Waals surface area contributed by atoms with E-state index in [1.807, 2.05) is 6.07 Å². The molecule has 1 saturated carbocycles. The molecule has 2 heterocycles. The van der Waals surface area contributed by atoms with Gasteiger partial charge in [-0.25, -0.2) is 0 Å². The van der Waals surface area contributed by atoms with Crippen LogP contribution in [0.3, 0.4) is 0 Å². The van der Waals surface area contributed by atoms with E-state index in [0.29, 0.717) is 12.3 Å². The summed E-state index contributed by atoms with van der Waals surface area (Å²) in [5.41, 5.74) is 8.92. The van der Waals surface area contributed by atoms with Gasteiger partial charge in [0, 0.05) is 24.9 Å². The monoisotopic (exact) mass is 286 g/mol. The summed E-state index contributed by atoms with van der Waals surface area (Å²) in [5, 5.41) is 0. The van der Waals surface area contributed by atoms with E-state index < -0.39 is 0 Å². The standard InChI is InChI=1S/C17H22N2O2/c1-10-9-17-13-4-3-12(21-2)7-11(13)5-6-19(17)15(20)8-14(17)16(10)18/h3-4,7,10,14,16H,5-6,8-9,18H2,1-2H3/t10-,14?,16+,17?/m0/s1. The molecule has 4 nitrogen and oxygen atoms in total. The summed E-state index contributed by atoms with van der Waals surface area (Å²) in [6.07, 6.45) is 2.51. The molecule has 4 heteroatoms. The first-order chi connectivity index (χ1) is 10.1. The molecule has 1 aromatic rings. The normalized spacial score (nSPS) is 37.2. The van der Waals surface area contributed by atoms with Crippen LogP contribution in [0.5, 0.6) is 5.75 Å². The van der Waals surface area contributed by atoms with Crippen LogP contribution >= 0.6 is 0 Å². The first-order valence-corrected chi connectivity index (χ1v) is 7.81. The molecule has 112 valence electrons.